The van der Waals surface area contributed by atoms with Gasteiger partial charge in [0.05, 0.1) is 5.25 Å². The van der Waals surface area contributed by atoms with Crippen LogP contribution in [-0.2, 0) is 4.79 Å². The number of hydrogen-bond donors (Lipinski definition) is 1. The van der Waals surface area contributed by atoms with Crippen molar-refractivity contribution >= 4 is 17.7 Å². The number of rotatable bonds is 7. The van der Waals surface area contributed by atoms with E-state index in [9.17, 15) is 4.79 Å². The summed E-state index contributed by atoms with van der Waals surface area (Å²) < 4.78 is 0. The molecule has 4 heteroatoms. The van der Waals surface area contributed by atoms with Crippen molar-refractivity contribution < 1.29 is 4.79 Å². The van der Waals surface area contributed by atoms with Crippen molar-refractivity contribution in [3.8, 4) is 0 Å². The van der Waals surface area contributed by atoms with Crippen molar-refractivity contribution in [1.29, 1.82) is 0 Å². The van der Waals surface area contributed by atoms with Crippen LogP contribution >= 0.6 is 11.8 Å². The summed E-state index contributed by atoms with van der Waals surface area (Å²) in [5.74, 6) is 2.62. The van der Waals surface area contributed by atoms with E-state index in [1.54, 1.807) is 11.8 Å². The van der Waals surface area contributed by atoms with E-state index in [4.69, 9.17) is 0 Å². The van der Waals surface area contributed by atoms with Gasteiger partial charge in [0.25, 0.3) is 0 Å². The summed E-state index contributed by atoms with van der Waals surface area (Å²) in [5, 5.41) is 3.37. The Labute approximate surface area is 122 Å². The molecule has 1 aliphatic heterocycles. The summed E-state index contributed by atoms with van der Waals surface area (Å²) in [6, 6.07) is 0. The molecular formula is C15H30N2OS. The molecule has 0 aromatic heterocycles. The molecule has 0 saturated carbocycles. The molecule has 1 aliphatic rings. The molecule has 0 aromatic carbocycles. The van der Waals surface area contributed by atoms with E-state index in [2.05, 4.69) is 31.0 Å². The van der Waals surface area contributed by atoms with E-state index >= 15 is 0 Å². The predicted molar refractivity (Wildman–Crippen MR) is 84.6 cm³/mol. The molecule has 0 aliphatic carbocycles. The summed E-state index contributed by atoms with van der Waals surface area (Å²) in [6.07, 6.45) is 3.60. The highest BCUT2D eigenvalue weighted by molar-refractivity contribution is 8.00. The summed E-state index contributed by atoms with van der Waals surface area (Å²) in [4.78, 5) is 14.6. The van der Waals surface area contributed by atoms with Gasteiger partial charge in [-0.1, -0.05) is 20.8 Å². The molecule has 1 N–H and O–H groups in total. The Hall–Kier alpha value is -0.220. The first kappa shape index (κ1) is 16.8. The Balaban J connectivity index is 2.42. The van der Waals surface area contributed by atoms with Crippen molar-refractivity contribution in [3.63, 3.8) is 0 Å². The maximum absolute atomic E-state index is 12.5. The lowest BCUT2D eigenvalue weighted by Gasteiger charge is -2.35. The standard InChI is InChI=1S/C15H30N2OS/c1-5-19-14(12(2)3)15(18)17-10-7-13(8-11-17)6-9-16-4/h12-14,16H,5-11H2,1-4H3. The predicted octanol–water partition coefficient (Wildman–Crippen LogP) is 2.61. The largest absolute Gasteiger partial charge is 0.342 e. The van der Waals surface area contributed by atoms with E-state index in [1.807, 2.05) is 7.05 Å². The molecule has 1 fully saturated rings. The highest BCUT2D eigenvalue weighted by Crippen LogP contribution is 2.25. The number of carbonyl (C=O) groups excluding carboxylic acids is 1. The fraction of sp³-hybridized carbons (Fsp3) is 0.933. The number of piperidine rings is 1. The third kappa shape index (κ3) is 5.35. The van der Waals surface area contributed by atoms with Crippen molar-refractivity contribution in [2.24, 2.45) is 11.8 Å². The van der Waals surface area contributed by atoms with Gasteiger partial charge in [0.15, 0.2) is 0 Å². The minimum absolute atomic E-state index is 0.152. The second-order valence-electron chi connectivity index (χ2n) is 5.78. The Morgan fingerprint density at radius 3 is 2.47 bits per heavy atom. The zero-order valence-electron chi connectivity index (χ0n) is 12.9. The maximum Gasteiger partial charge on any atom is 0.235 e. The quantitative estimate of drug-likeness (QED) is 0.781. The van der Waals surface area contributed by atoms with Crippen LogP contribution in [0.15, 0.2) is 0 Å². The van der Waals surface area contributed by atoms with Crippen LogP contribution in [-0.4, -0.2) is 48.5 Å². The fourth-order valence-corrected chi connectivity index (χ4v) is 3.73. The molecule has 0 spiro atoms. The maximum atomic E-state index is 12.5. The molecule has 1 unspecified atom stereocenters. The molecule has 1 atom stereocenters. The Bertz CT molecular complexity index is 263. The number of amides is 1. The van der Waals surface area contributed by atoms with Gasteiger partial charge >= 0.3 is 0 Å². The van der Waals surface area contributed by atoms with Crippen LogP contribution in [0.5, 0.6) is 0 Å². The minimum atomic E-state index is 0.152. The van der Waals surface area contributed by atoms with Gasteiger partial charge in [0.1, 0.15) is 0 Å². The molecule has 112 valence electrons. The van der Waals surface area contributed by atoms with E-state index < -0.39 is 0 Å². The Morgan fingerprint density at radius 2 is 2.00 bits per heavy atom. The monoisotopic (exact) mass is 286 g/mol. The van der Waals surface area contributed by atoms with Gasteiger partial charge in [-0.3, -0.25) is 4.79 Å². The molecule has 1 rings (SSSR count). The van der Waals surface area contributed by atoms with Gasteiger partial charge < -0.3 is 10.2 Å². The fourth-order valence-electron chi connectivity index (χ4n) is 2.70. The van der Waals surface area contributed by atoms with E-state index in [0.717, 1.165) is 31.3 Å². The molecule has 0 aromatic rings. The van der Waals surface area contributed by atoms with Gasteiger partial charge in [-0.05, 0) is 50.4 Å². The first-order valence-electron chi connectivity index (χ1n) is 7.65. The van der Waals surface area contributed by atoms with Gasteiger partial charge in [-0.2, -0.15) is 0 Å². The molecule has 1 saturated heterocycles. The number of carbonyl (C=O) groups is 1. The smallest absolute Gasteiger partial charge is 0.235 e. The van der Waals surface area contributed by atoms with Crippen LogP contribution in [0.25, 0.3) is 0 Å². The van der Waals surface area contributed by atoms with E-state index in [-0.39, 0.29) is 5.25 Å². The zero-order chi connectivity index (χ0) is 14.3. The molecule has 19 heavy (non-hydrogen) atoms. The first-order chi connectivity index (χ1) is 9.10. The number of hydrogen-bond acceptors (Lipinski definition) is 3. The minimum Gasteiger partial charge on any atom is -0.342 e. The van der Waals surface area contributed by atoms with Gasteiger partial charge in [0, 0.05) is 13.1 Å². The van der Waals surface area contributed by atoms with Crippen LogP contribution in [0, 0.1) is 11.8 Å². The lowest BCUT2D eigenvalue weighted by Crippen LogP contribution is -2.44. The molecule has 1 amide bonds. The van der Waals surface area contributed by atoms with Crippen LogP contribution in [0.4, 0.5) is 0 Å². The summed E-state index contributed by atoms with van der Waals surface area (Å²) in [6.45, 7) is 9.47. The molecular weight excluding hydrogens is 256 g/mol. The molecule has 1 heterocycles. The van der Waals surface area contributed by atoms with E-state index in [0.29, 0.717) is 11.8 Å². The van der Waals surface area contributed by atoms with Crippen LogP contribution in [0.1, 0.15) is 40.0 Å². The summed E-state index contributed by atoms with van der Waals surface area (Å²) in [7, 11) is 2.01. The van der Waals surface area contributed by atoms with Gasteiger partial charge in [0.2, 0.25) is 5.91 Å². The normalized spacial score (nSPS) is 18.9. The topological polar surface area (TPSA) is 32.3 Å². The lowest BCUT2D eigenvalue weighted by atomic mass is 9.93. The number of nitrogens with zero attached hydrogens (tertiary/aromatic N) is 1. The van der Waals surface area contributed by atoms with Crippen molar-refractivity contribution in [3.05, 3.63) is 0 Å². The number of likely N-dealkylation sites (tertiary alicyclic amines) is 1. The summed E-state index contributed by atoms with van der Waals surface area (Å²) in [5.41, 5.74) is 0. The third-order valence-electron chi connectivity index (χ3n) is 3.92. The molecule has 0 radical (unpaired) electrons. The second kappa shape index (κ2) is 8.85. The highest BCUT2D eigenvalue weighted by atomic mass is 32.2. The Morgan fingerprint density at radius 1 is 1.37 bits per heavy atom. The number of thioether (sulfide) groups is 1. The number of nitrogens with one attached hydrogen (secondary N) is 1. The van der Waals surface area contributed by atoms with Crippen molar-refractivity contribution in [1.82, 2.24) is 10.2 Å². The van der Waals surface area contributed by atoms with Crippen molar-refractivity contribution in [2.45, 2.75) is 45.3 Å². The SMILES string of the molecule is CCSC(C(=O)N1CCC(CCNC)CC1)C(C)C. The van der Waals surface area contributed by atoms with Crippen LogP contribution in [0.3, 0.4) is 0 Å². The zero-order valence-corrected chi connectivity index (χ0v) is 13.8. The van der Waals surface area contributed by atoms with Crippen LogP contribution in [0.2, 0.25) is 0 Å². The molecule has 0 bridgehead atoms. The average molecular weight is 286 g/mol. The van der Waals surface area contributed by atoms with Gasteiger partial charge in [-0.25, -0.2) is 0 Å². The molecule has 3 nitrogen and oxygen atoms in total. The summed E-state index contributed by atoms with van der Waals surface area (Å²) >= 11 is 1.80. The van der Waals surface area contributed by atoms with Gasteiger partial charge in [-0.15, -0.1) is 11.8 Å². The first-order valence-corrected chi connectivity index (χ1v) is 8.70. The van der Waals surface area contributed by atoms with Crippen LogP contribution < -0.4 is 5.32 Å². The third-order valence-corrected chi connectivity index (χ3v) is 5.36. The van der Waals surface area contributed by atoms with E-state index in [1.165, 1.54) is 19.3 Å². The average Bonchev–Trinajstić information content (AvgIpc) is 2.42. The van der Waals surface area contributed by atoms with Crippen molar-refractivity contribution in [2.75, 3.05) is 32.4 Å². The Kier molecular flexibility index (Phi) is 7.84. The lowest BCUT2D eigenvalue weighted by molar-refractivity contribution is -0.132. The highest BCUT2D eigenvalue weighted by Gasteiger charge is 2.29. The second-order valence-corrected chi connectivity index (χ2v) is 7.20.